The molecule has 30 heavy (non-hydrogen) atoms. The number of amides is 3. The summed E-state index contributed by atoms with van der Waals surface area (Å²) in [4.78, 5) is 28.5. The van der Waals surface area contributed by atoms with Crippen LogP contribution in [0.15, 0.2) is 48.5 Å². The van der Waals surface area contributed by atoms with Crippen molar-refractivity contribution in [3.8, 4) is 0 Å². The maximum atomic E-state index is 13.5. The van der Waals surface area contributed by atoms with Gasteiger partial charge in [-0.25, -0.2) is 9.18 Å². The van der Waals surface area contributed by atoms with E-state index in [1.807, 2.05) is 41.3 Å². The lowest BCUT2D eigenvalue weighted by molar-refractivity contribution is -0.132. The van der Waals surface area contributed by atoms with Crippen LogP contribution in [0, 0.1) is 5.82 Å². The Labute approximate surface area is 175 Å². The number of nitrogens with one attached hydrogen (secondary N) is 1. The lowest BCUT2D eigenvalue weighted by Crippen LogP contribution is -2.47. The molecule has 0 radical (unpaired) electrons. The van der Waals surface area contributed by atoms with Crippen LogP contribution >= 0.6 is 0 Å². The van der Waals surface area contributed by atoms with E-state index in [4.69, 9.17) is 5.73 Å². The summed E-state index contributed by atoms with van der Waals surface area (Å²) < 4.78 is 13.5. The maximum Gasteiger partial charge on any atom is 0.312 e. The zero-order chi connectivity index (χ0) is 21.1. The monoisotopic (exact) mass is 410 g/mol. The third-order valence-corrected chi connectivity index (χ3v) is 6.13. The Balaban J connectivity index is 1.36. The molecule has 7 heteroatoms. The molecule has 6 nitrogen and oxygen atoms in total. The molecule has 2 aliphatic rings. The van der Waals surface area contributed by atoms with E-state index in [9.17, 15) is 14.0 Å². The van der Waals surface area contributed by atoms with Crippen LogP contribution in [0.5, 0.6) is 0 Å². The molecule has 3 amide bonds. The number of hydrogen-bond donors (Lipinski definition) is 2. The number of nitrogens with zero attached hydrogens (tertiary/aromatic N) is 2. The molecule has 1 unspecified atom stereocenters. The average molecular weight is 410 g/mol. The molecule has 0 aromatic heterocycles. The molecule has 0 spiro atoms. The minimum Gasteiger partial charge on any atom is -0.368 e. The van der Waals surface area contributed by atoms with Crippen molar-refractivity contribution in [3.63, 3.8) is 0 Å². The summed E-state index contributed by atoms with van der Waals surface area (Å²) in [5.74, 6) is -0.173. The van der Waals surface area contributed by atoms with E-state index in [1.54, 1.807) is 6.07 Å². The fraction of sp³-hybridized carbons (Fsp3) is 0.391. The molecule has 2 aliphatic heterocycles. The van der Waals surface area contributed by atoms with E-state index in [-0.39, 0.29) is 18.1 Å². The third-order valence-electron chi connectivity index (χ3n) is 6.13. The highest BCUT2D eigenvalue weighted by atomic mass is 19.1. The third kappa shape index (κ3) is 4.40. The number of likely N-dealkylation sites (tertiary alicyclic amines) is 1. The number of benzene rings is 2. The molecular weight excluding hydrogens is 383 g/mol. The Morgan fingerprint density at radius 3 is 2.53 bits per heavy atom. The van der Waals surface area contributed by atoms with Crippen LogP contribution in [-0.2, 0) is 11.2 Å². The fourth-order valence-electron chi connectivity index (χ4n) is 4.62. The van der Waals surface area contributed by atoms with Gasteiger partial charge in [0, 0.05) is 31.4 Å². The first kappa shape index (κ1) is 20.2. The van der Waals surface area contributed by atoms with Crippen LogP contribution in [-0.4, -0.2) is 42.5 Å². The Hall–Kier alpha value is -3.09. The highest BCUT2D eigenvalue weighted by Gasteiger charge is 2.31. The minimum absolute atomic E-state index is 0.0138. The quantitative estimate of drug-likeness (QED) is 0.795. The van der Waals surface area contributed by atoms with E-state index < -0.39 is 12.1 Å². The molecule has 4 rings (SSSR count). The van der Waals surface area contributed by atoms with Crippen molar-refractivity contribution in [2.75, 3.05) is 24.5 Å². The number of hydrogen-bond acceptors (Lipinski definition) is 3. The Bertz CT molecular complexity index is 913. The van der Waals surface area contributed by atoms with Crippen molar-refractivity contribution in [2.24, 2.45) is 5.73 Å². The maximum absolute atomic E-state index is 13.5. The number of rotatable bonds is 5. The highest BCUT2D eigenvalue weighted by Crippen LogP contribution is 2.33. The Morgan fingerprint density at radius 2 is 1.83 bits per heavy atom. The smallest absolute Gasteiger partial charge is 0.312 e. The summed E-state index contributed by atoms with van der Waals surface area (Å²) in [6.45, 7) is 2.25. The molecule has 1 fully saturated rings. The molecule has 2 aromatic rings. The zero-order valence-corrected chi connectivity index (χ0v) is 16.9. The Morgan fingerprint density at radius 1 is 1.10 bits per heavy atom. The molecule has 1 saturated heterocycles. The van der Waals surface area contributed by atoms with Gasteiger partial charge in [-0.3, -0.25) is 4.79 Å². The van der Waals surface area contributed by atoms with Crippen molar-refractivity contribution >= 4 is 17.6 Å². The van der Waals surface area contributed by atoms with Gasteiger partial charge in [0.15, 0.2) is 0 Å². The summed E-state index contributed by atoms with van der Waals surface area (Å²) in [6, 6.07) is 13.7. The second-order valence-electron chi connectivity index (χ2n) is 8.00. The van der Waals surface area contributed by atoms with E-state index in [0.29, 0.717) is 19.1 Å². The van der Waals surface area contributed by atoms with Gasteiger partial charge in [-0.1, -0.05) is 30.3 Å². The van der Waals surface area contributed by atoms with Crippen LogP contribution in [0.1, 0.15) is 36.4 Å². The van der Waals surface area contributed by atoms with E-state index in [2.05, 4.69) is 10.2 Å². The molecule has 0 saturated carbocycles. The Kier molecular flexibility index (Phi) is 5.88. The largest absolute Gasteiger partial charge is 0.368 e. The number of urea groups is 1. The normalized spacial score (nSPS) is 17.5. The second kappa shape index (κ2) is 8.73. The van der Waals surface area contributed by atoms with Crippen LogP contribution in [0.2, 0.25) is 0 Å². The number of piperidine rings is 1. The molecule has 1 atom stereocenters. The number of anilines is 1. The highest BCUT2D eigenvalue weighted by molar-refractivity contribution is 5.79. The number of carbonyl (C=O) groups is 2. The summed E-state index contributed by atoms with van der Waals surface area (Å²) in [7, 11) is 0. The van der Waals surface area contributed by atoms with Gasteiger partial charge in [0.25, 0.3) is 0 Å². The van der Waals surface area contributed by atoms with E-state index in [0.717, 1.165) is 42.6 Å². The fourth-order valence-corrected chi connectivity index (χ4v) is 4.62. The van der Waals surface area contributed by atoms with Gasteiger partial charge in [0.2, 0.25) is 5.91 Å². The average Bonchev–Trinajstić information content (AvgIpc) is 3.16. The number of halogens is 1. The van der Waals surface area contributed by atoms with Crippen LogP contribution in [0.25, 0.3) is 0 Å². The van der Waals surface area contributed by atoms with Crippen molar-refractivity contribution in [1.29, 1.82) is 0 Å². The molecular formula is C23H27FN4O2. The van der Waals surface area contributed by atoms with Crippen molar-refractivity contribution in [3.05, 3.63) is 65.5 Å². The first-order valence-electron chi connectivity index (χ1n) is 10.4. The molecule has 158 valence electrons. The summed E-state index contributed by atoms with van der Waals surface area (Å²) in [6.07, 6.45) is 2.80. The molecule has 2 aromatic carbocycles. The molecule has 2 heterocycles. The number of nitrogens with two attached hydrogens (primary N) is 1. The topological polar surface area (TPSA) is 78.7 Å². The molecule has 0 bridgehead atoms. The second-order valence-corrected chi connectivity index (χ2v) is 8.00. The van der Waals surface area contributed by atoms with Crippen LogP contribution in [0.4, 0.5) is 14.9 Å². The first-order valence-corrected chi connectivity index (χ1v) is 10.4. The van der Waals surface area contributed by atoms with Gasteiger partial charge < -0.3 is 20.9 Å². The predicted molar refractivity (Wildman–Crippen MR) is 114 cm³/mol. The van der Waals surface area contributed by atoms with Gasteiger partial charge in [-0.05, 0) is 48.6 Å². The van der Waals surface area contributed by atoms with Gasteiger partial charge >= 0.3 is 6.03 Å². The molecule has 0 aliphatic carbocycles. The summed E-state index contributed by atoms with van der Waals surface area (Å²) >= 11 is 0. The van der Waals surface area contributed by atoms with Crippen LogP contribution < -0.4 is 16.0 Å². The lowest BCUT2D eigenvalue weighted by Gasteiger charge is -2.38. The van der Waals surface area contributed by atoms with E-state index in [1.165, 1.54) is 6.07 Å². The van der Waals surface area contributed by atoms with Gasteiger partial charge in [-0.15, -0.1) is 0 Å². The van der Waals surface area contributed by atoms with Gasteiger partial charge in [0.05, 0.1) is 12.5 Å². The van der Waals surface area contributed by atoms with Crippen molar-refractivity contribution in [1.82, 2.24) is 10.2 Å². The van der Waals surface area contributed by atoms with Gasteiger partial charge in [-0.2, -0.15) is 0 Å². The van der Waals surface area contributed by atoms with Gasteiger partial charge in [0.1, 0.15) is 5.82 Å². The van der Waals surface area contributed by atoms with Crippen LogP contribution in [0.3, 0.4) is 0 Å². The minimum atomic E-state index is -0.639. The van der Waals surface area contributed by atoms with Crippen molar-refractivity contribution < 1.29 is 14.0 Å². The molecule has 3 N–H and O–H groups in total. The summed E-state index contributed by atoms with van der Waals surface area (Å²) in [5.41, 5.74) is 8.37. The zero-order valence-electron chi connectivity index (χ0n) is 16.9. The number of carbonyl (C=O) groups excluding carboxylic acids is 2. The SMILES string of the molecule is NC(=O)NC(CC(=O)N1CCC(N2CCc3cc(F)ccc32)CC1)c1ccccc1. The first-order chi connectivity index (χ1) is 14.5. The van der Waals surface area contributed by atoms with E-state index >= 15 is 0 Å². The standard InChI is InChI=1S/C23H27FN4O2/c24-18-6-7-21-17(14-18)8-13-28(21)19-9-11-27(12-10-19)22(29)15-20(26-23(25)30)16-4-2-1-3-5-16/h1-7,14,19-20H,8-13,15H2,(H3,25,26,30). The number of fused-ring (bicyclic) bond motifs is 1. The number of primary amides is 1. The lowest BCUT2D eigenvalue weighted by atomic mass is 10.00. The van der Waals surface area contributed by atoms with Crippen molar-refractivity contribution in [2.45, 2.75) is 37.8 Å². The summed E-state index contributed by atoms with van der Waals surface area (Å²) in [5, 5.41) is 2.69. The predicted octanol–water partition coefficient (Wildman–Crippen LogP) is 2.98.